The smallest absolute Gasteiger partial charge is 0.408 e. The van der Waals surface area contributed by atoms with E-state index in [1.54, 1.807) is 0 Å². The van der Waals surface area contributed by atoms with Crippen molar-refractivity contribution < 1.29 is 14.3 Å². The van der Waals surface area contributed by atoms with Gasteiger partial charge in [0.05, 0.1) is 12.1 Å². The molecule has 1 aliphatic rings. The second kappa shape index (κ2) is 12.3. The van der Waals surface area contributed by atoms with Crippen molar-refractivity contribution in [3.05, 3.63) is 0 Å². The summed E-state index contributed by atoms with van der Waals surface area (Å²) in [5.74, 6) is 0.781. The van der Waals surface area contributed by atoms with Gasteiger partial charge in [-0.1, -0.05) is 0 Å². The highest BCUT2D eigenvalue weighted by Gasteiger charge is 2.25. The molecule has 0 heterocycles. The van der Waals surface area contributed by atoms with Crippen molar-refractivity contribution in [2.45, 2.75) is 84.4 Å². The van der Waals surface area contributed by atoms with Gasteiger partial charge in [-0.3, -0.25) is 9.79 Å². The number of hydrogen-bond acceptors (Lipinski definition) is 4. The quantitative estimate of drug-likeness (QED) is 0.165. The van der Waals surface area contributed by atoms with Gasteiger partial charge in [-0.25, -0.2) is 4.79 Å². The van der Waals surface area contributed by atoms with Crippen LogP contribution >= 0.6 is 24.0 Å². The molecule has 0 aromatic carbocycles. The van der Waals surface area contributed by atoms with E-state index >= 15 is 0 Å². The molecule has 164 valence electrons. The number of alkyl carbamates (subject to hydrolysis) is 1. The number of carbonyl (C=O) groups excluding carboxylic acids is 2. The van der Waals surface area contributed by atoms with Gasteiger partial charge in [0.25, 0.3) is 0 Å². The van der Waals surface area contributed by atoms with Crippen LogP contribution in [0.15, 0.2) is 4.99 Å². The Labute approximate surface area is 186 Å². The van der Waals surface area contributed by atoms with Crippen LogP contribution in [0, 0.1) is 0 Å². The first-order valence-corrected chi connectivity index (χ1v) is 9.83. The summed E-state index contributed by atoms with van der Waals surface area (Å²) < 4.78 is 5.29. The number of guanidine groups is 1. The third kappa shape index (κ3) is 13.8. The van der Waals surface area contributed by atoms with Gasteiger partial charge in [0.15, 0.2) is 5.96 Å². The maximum absolute atomic E-state index is 11.9. The Bertz CT molecular complexity index is 528. The molecule has 0 saturated heterocycles. The molecule has 0 spiro atoms. The molecule has 8 nitrogen and oxygen atoms in total. The molecular formula is C19H38IN5O3. The second-order valence-electron chi connectivity index (χ2n) is 8.58. The van der Waals surface area contributed by atoms with Gasteiger partial charge in [0, 0.05) is 25.6 Å². The predicted molar refractivity (Wildman–Crippen MR) is 123 cm³/mol. The Balaban J connectivity index is 0.00000729. The molecule has 0 atom stereocenters. The molecule has 1 fully saturated rings. The lowest BCUT2D eigenvalue weighted by Crippen LogP contribution is -2.49. The molecule has 0 aliphatic heterocycles. The summed E-state index contributed by atoms with van der Waals surface area (Å²) in [6.07, 6.45) is 3.00. The standard InChI is InChI=1S/C19H37N5O3.HI/c1-7-20-16(21-12-8-9-15(25)23-14-10-11-14)22-13-19(5,6)24-17(26)27-18(2,3)4;/h14H,7-13H2,1-6H3,(H,23,25)(H,24,26)(H2,20,21,22);1H. The largest absolute Gasteiger partial charge is 0.444 e. The lowest BCUT2D eigenvalue weighted by atomic mass is 10.1. The van der Waals surface area contributed by atoms with Crippen molar-refractivity contribution in [3.8, 4) is 0 Å². The summed E-state index contributed by atoms with van der Waals surface area (Å²) >= 11 is 0. The first-order chi connectivity index (χ1) is 12.5. The molecule has 28 heavy (non-hydrogen) atoms. The Morgan fingerprint density at radius 2 is 1.75 bits per heavy atom. The minimum absolute atomic E-state index is 0. The van der Waals surface area contributed by atoms with Crippen molar-refractivity contribution in [2.24, 2.45) is 4.99 Å². The lowest BCUT2D eigenvalue weighted by Gasteiger charge is -2.27. The minimum Gasteiger partial charge on any atom is -0.444 e. The zero-order chi connectivity index (χ0) is 20.5. The summed E-state index contributed by atoms with van der Waals surface area (Å²) in [5.41, 5.74) is -1.08. The first kappa shape index (κ1) is 26.7. The summed E-state index contributed by atoms with van der Waals surface area (Å²) in [5, 5.41) is 12.2. The monoisotopic (exact) mass is 511 g/mol. The Kier molecular flexibility index (Phi) is 11.8. The van der Waals surface area contributed by atoms with Crippen molar-refractivity contribution in [1.29, 1.82) is 0 Å². The molecular weight excluding hydrogens is 473 g/mol. The van der Waals surface area contributed by atoms with Crippen LogP contribution in [0.2, 0.25) is 0 Å². The molecule has 0 unspecified atom stereocenters. The highest BCUT2D eigenvalue weighted by molar-refractivity contribution is 14.0. The van der Waals surface area contributed by atoms with Gasteiger partial charge >= 0.3 is 6.09 Å². The minimum atomic E-state index is -0.547. The highest BCUT2D eigenvalue weighted by Crippen LogP contribution is 2.18. The third-order valence-corrected chi connectivity index (χ3v) is 3.63. The number of rotatable bonds is 9. The van der Waals surface area contributed by atoms with Gasteiger partial charge in [-0.2, -0.15) is 0 Å². The van der Waals surface area contributed by atoms with Gasteiger partial charge in [0.1, 0.15) is 5.60 Å². The average molecular weight is 511 g/mol. The third-order valence-electron chi connectivity index (χ3n) is 3.63. The number of nitrogens with zero attached hydrogens (tertiary/aromatic N) is 1. The molecule has 1 aliphatic carbocycles. The van der Waals surface area contributed by atoms with Gasteiger partial charge in [-0.05, 0) is 60.8 Å². The molecule has 0 aromatic rings. The SMILES string of the molecule is CCNC(=NCC(C)(C)NC(=O)OC(C)(C)C)NCCCC(=O)NC1CC1.I. The number of carbonyl (C=O) groups is 2. The van der Waals surface area contributed by atoms with Crippen LogP contribution in [0.5, 0.6) is 0 Å². The number of ether oxygens (including phenoxy) is 1. The molecule has 1 rings (SSSR count). The van der Waals surface area contributed by atoms with Crippen molar-refractivity contribution in [3.63, 3.8) is 0 Å². The van der Waals surface area contributed by atoms with Crippen LogP contribution in [0.4, 0.5) is 4.79 Å². The van der Waals surface area contributed by atoms with Crippen molar-refractivity contribution in [2.75, 3.05) is 19.6 Å². The van der Waals surface area contributed by atoms with E-state index in [1.807, 2.05) is 41.5 Å². The van der Waals surface area contributed by atoms with Crippen LogP contribution in [0.25, 0.3) is 0 Å². The topological polar surface area (TPSA) is 104 Å². The predicted octanol–water partition coefficient (Wildman–Crippen LogP) is 2.52. The molecule has 9 heteroatoms. The van der Waals surface area contributed by atoms with E-state index in [4.69, 9.17) is 4.74 Å². The van der Waals surface area contributed by atoms with Crippen LogP contribution in [0.1, 0.15) is 67.2 Å². The van der Waals surface area contributed by atoms with Gasteiger partial charge < -0.3 is 26.0 Å². The van der Waals surface area contributed by atoms with Crippen LogP contribution in [-0.2, 0) is 9.53 Å². The van der Waals surface area contributed by atoms with Crippen LogP contribution < -0.4 is 21.3 Å². The Morgan fingerprint density at radius 1 is 1.11 bits per heavy atom. The maximum atomic E-state index is 11.9. The van der Waals surface area contributed by atoms with Gasteiger partial charge in [0.2, 0.25) is 5.91 Å². The number of aliphatic imine (C=N–C) groups is 1. The molecule has 0 aromatic heterocycles. The normalized spacial score (nSPS) is 14.6. The Morgan fingerprint density at radius 3 is 2.29 bits per heavy atom. The average Bonchev–Trinajstić information content (AvgIpc) is 3.30. The summed E-state index contributed by atoms with van der Waals surface area (Å²) in [6, 6.07) is 0.407. The van der Waals surface area contributed by atoms with Crippen molar-refractivity contribution >= 4 is 41.9 Å². The maximum Gasteiger partial charge on any atom is 0.408 e. The number of amides is 2. The fraction of sp³-hybridized carbons (Fsp3) is 0.842. The van der Waals surface area contributed by atoms with Crippen LogP contribution in [0.3, 0.4) is 0 Å². The number of nitrogens with one attached hydrogen (secondary N) is 4. The molecule has 0 bridgehead atoms. The lowest BCUT2D eigenvalue weighted by molar-refractivity contribution is -0.121. The summed E-state index contributed by atoms with van der Waals surface area (Å²) in [6.45, 7) is 13.0. The number of halogens is 1. The van der Waals surface area contributed by atoms with E-state index in [9.17, 15) is 9.59 Å². The fourth-order valence-corrected chi connectivity index (χ4v) is 2.22. The zero-order valence-electron chi connectivity index (χ0n) is 18.1. The summed E-state index contributed by atoms with van der Waals surface area (Å²) in [4.78, 5) is 28.2. The summed E-state index contributed by atoms with van der Waals surface area (Å²) in [7, 11) is 0. The van der Waals surface area contributed by atoms with E-state index in [0.717, 1.165) is 25.8 Å². The van der Waals surface area contributed by atoms with E-state index in [2.05, 4.69) is 26.3 Å². The second-order valence-corrected chi connectivity index (χ2v) is 8.58. The first-order valence-electron chi connectivity index (χ1n) is 9.83. The Hall–Kier alpha value is -1.26. The highest BCUT2D eigenvalue weighted by atomic mass is 127. The van der Waals surface area contributed by atoms with E-state index in [1.165, 1.54) is 0 Å². The van der Waals surface area contributed by atoms with Crippen molar-refractivity contribution in [1.82, 2.24) is 21.3 Å². The van der Waals surface area contributed by atoms with E-state index < -0.39 is 17.2 Å². The number of hydrogen-bond donors (Lipinski definition) is 4. The molecule has 1 saturated carbocycles. The van der Waals surface area contributed by atoms with Crippen LogP contribution in [-0.4, -0.2) is 54.8 Å². The molecule has 4 N–H and O–H groups in total. The van der Waals surface area contributed by atoms with E-state index in [0.29, 0.717) is 31.5 Å². The molecule has 2 amide bonds. The van der Waals surface area contributed by atoms with E-state index in [-0.39, 0.29) is 29.9 Å². The fourth-order valence-electron chi connectivity index (χ4n) is 2.22. The van der Waals surface area contributed by atoms with Gasteiger partial charge in [-0.15, -0.1) is 24.0 Å². The zero-order valence-corrected chi connectivity index (χ0v) is 20.4. The molecule has 0 radical (unpaired) electrons.